The Kier molecular flexibility index (Phi) is 8.93. The van der Waals surface area contributed by atoms with Crippen LogP contribution in [0, 0.1) is 0 Å². The molecule has 0 aliphatic carbocycles. The lowest BCUT2D eigenvalue weighted by Crippen LogP contribution is -2.58. The molecule has 0 aromatic heterocycles. The Labute approximate surface area is 445 Å². The minimum Gasteiger partial charge on any atom is -0.458 e. The van der Waals surface area contributed by atoms with Crippen LogP contribution in [0.2, 0.25) is 0 Å². The van der Waals surface area contributed by atoms with Crippen molar-refractivity contribution in [1.29, 1.82) is 0 Å². The number of para-hydroxylation sites is 2. The lowest BCUT2D eigenvalue weighted by molar-refractivity contribution is 0.483. The molecule has 4 heteroatoms. The molecule has 0 saturated heterocycles. The lowest BCUT2D eigenvalue weighted by Gasteiger charge is -2.38. The molecule has 358 valence electrons. The Balaban J connectivity index is 1.17. The van der Waals surface area contributed by atoms with Crippen LogP contribution in [-0.4, -0.2) is 13.4 Å². The van der Waals surface area contributed by atoms with E-state index in [1.54, 1.807) is 0 Å². The summed E-state index contributed by atoms with van der Waals surface area (Å²) >= 11 is 0. The summed E-state index contributed by atoms with van der Waals surface area (Å²) in [6.07, 6.45) is 0. The van der Waals surface area contributed by atoms with Crippen molar-refractivity contribution in [2.75, 3.05) is 0 Å². The second-order valence-electron chi connectivity index (χ2n) is 23.8. The number of fused-ring (bicyclic) bond motifs is 8. The average molecular weight is 971 g/mol. The van der Waals surface area contributed by atoms with Crippen LogP contribution in [0.3, 0.4) is 0 Å². The van der Waals surface area contributed by atoms with Crippen molar-refractivity contribution in [3.63, 3.8) is 0 Å². The first-order valence-electron chi connectivity index (χ1n) is 27.0. The van der Waals surface area contributed by atoms with Crippen molar-refractivity contribution < 1.29 is 9.47 Å². The fourth-order valence-corrected chi connectivity index (χ4v) is 13.9. The summed E-state index contributed by atoms with van der Waals surface area (Å²) in [6.45, 7) is 13.8. The van der Waals surface area contributed by atoms with E-state index in [0.29, 0.717) is 0 Å². The maximum absolute atomic E-state index is 7.13. The third-order valence-corrected chi connectivity index (χ3v) is 17.5. The Morgan fingerprint density at radius 2 is 0.645 bits per heavy atom. The normalized spacial score (nSPS) is 13.6. The van der Waals surface area contributed by atoms with Gasteiger partial charge in [-0.2, -0.15) is 0 Å². The lowest BCUT2D eigenvalue weighted by atomic mass is 9.31. The number of hydrogen-bond acceptors (Lipinski definition) is 2. The SMILES string of the molecule is CC(C)(C)c1cc2c3c(c1)-c1cc(-c4ccccc4-c4ccccc4)c4cc5c6c(cc(-c7ccccc7-c7ccccc7)c7cc(c1c4c76)B3c1ccccc1O2)-c1cc(C(C)(C)C)cc2c1B5c1ccccc1O2. The van der Waals surface area contributed by atoms with Gasteiger partial charge >= 0.3 is 0 Å². The zero-order valence-electron chi connectivity index (χ0n) is 43.6. The highest BCUT2D eigenvalue weighted by atomic mass is 16.5. The van der Waals surface area contributed by atoms with E-state index in [1.165, 1.54) is 143 Å². The first-order valence-corrected chi connectivity index (χ1v) is 27.0. The van der Waals surface area contributed by atoms with Crippen LogP contribution in [-0.2, 0) is 10.8 Å². The largest absolute Gasteiger partial charge is 0.458 e. The smallest absolute Gasteiger partial charge is 0.252 e. The molecule has 4 heterocycles. The van der Waals surface area contributed by atoms with Gasteiger partial charge in [-0.3, -0.25) is 0 Å². The van der Waals surface area contributed by atoms with Crippen molar-refractivity contribution in [1.82, 2.24) is 0 Å². The molecule has 0 saturated carbocycles. The Hall–Kier alpha value is -8.59. The average Bonchev–Trinajstić information content (AvgIpc) is 3.49. The maximum atomic E-state index is 7.13. The number of ether oxygens (including phenoxy) is 2. The molecule has 12 aromatic rings. The topological polar surface area (TPSA) is 18.5 Å². The van der Waals surface area contributed by atoms with Gasteiger partial charge in [0.1, 0.15) is 23.0 Å². The molecule has 0 unspecified atom stereocenters. The van der Waals surface area contributed by atoms with Gasteiger partial charge in [-0.25, -0.2) is 0 Å². The Morgan fingerprint density at radius 1 is 0.276 bits per heavy atom. The molecule has 0 fully saturated rings. The summed E-state index contributed by atoms with van der Waals surface area (Å²) in [5.41, 5.74) is 24.6. The number of benzene rings is 12. The van der Waals surface area contributed by atoms with E-state index in [9.17, 15) is 0 Å². The molecule has 16 rings (SSSR count). The highest BCUT2D eigenvalue weighted by molar-refractivity contribution is 7.01. The molecule has 12 aromatic carbocycles. The van der Waals surface area contributed by atoms with Gasteiger partial charge in [0, 0.05) is 0 Å². The molecule has 2 nitrogen and oxygen atoms in total. The fraction of sp³-hybridized carbons (Fsp3) is 0.111. The second-order valence-corrected chi connectivity index (χ2v) is 23.8. The van der Waals surface area contributed by atoms with Crippen LogP contribution in [0.25, 0.3) is 99.1 Å². The zero-order valence-corrected chi connectivity index (χ0v) is 43.6. The Bertz CT molecular complexity index is 4190. The van der Waals surface area contributed by atoms with Gasteiger partial charge in [-0.15, -0.1) is 0 Å². The summed E-state index contributed by atoms with van der Waals surface area (Å²) in [7, 11) is 0. The van der Waals surface area contributed by atoms with Crippen LogP contribution >= 0.6 is 0 Å². The maximum Gasteiger partial charge on any atom is 0.252 e. The standard InChI is InChI=1S/C72H52B2O2/c1-71(2,3)43-33-55-51-37-49(47-27-15-13-25-45(47)41-21-9-7-10-22-41)53-40-60-66-52(56-34-44(72(4,5)6)36-64-70(56)74(60)58-30-18-20-32-62(58)76-64)38-50(48-28-16-14-26-46(48)42-23-11-8-12-24-42)54-39-59(65(51)67(53)68(54)66)73-57-29-17-19-31-61(57)75-63(35-43)69(55)73/h7-40H,1-6H3. The highest BCUT2D eigenvalue weighted by Gasteiger charge is 2.45. The molecule has 4 aliphatic rings. The molecule has 0 radical (unpaired) electrons. The minimum absolute atomic E-state index is 0.0604. The second kappa shape index (κ2) is 15.5. The van der Waals surface area contributed by atoms with Crippen molar-refractivity contribution in [2.24, 2.45) is 0 Å². The van der Waals surface area contributed by atoms with Crippen LogP contribution in [0.4, 0.5) is 0 Å². The van der Waals surface area contributed by atoms with E-state index in [-0.39, 0.29) is 24.3 Å². The van der Waals surface area contributed by atoms with Gasteiger partial charge in [-0.05, 0) is 179 Å². The van der Waals surface area contributed by atoms with Gasteiger partial charge in [0.2, 0.25) is 0 Å². The monoisotopic (exact) mass is 970 g/mol. The predicted molar refractivity (Wildman–Crippen MR) is 323 cm³/mol. The summed E-state index contributed by atoms with van der Waals surface area (Å²) in [4.78, 5) is 0. The number of rotatable bonds is 4. The van der Waals surface area contributed by atoms with Crippen molar-refractivity contribution in [2.45, 2.75) is 52.4 Å². The molecule has 4 aliphatic heterocycles. The highest BCUT2D eigenvalue weighted by Crippen LogP contribution is 2.53. The van der Waals surface area contributed by atoms with Crippen LogP contribution in [0.5, 0.6) is 23.0 Å². The van der Waals surface area contributed by atoms with E-state index in [2.05, 4.69) is 248 Å². The van der Waals surface area contributed by atoms with Gasteiger partial charge in [0.05, 0.1) is 0 Å². The van der Waals surface area contributed by atoms with Crippen LogP contribution in [0.1, 0.15) is 52.7 Å². The van der Waals surface area contributed by atoms with E-state index in [1.807, 2.05) is 0 Å². The van der Waals surface area contributed by atoms with Crippen LogP contribution < -0.4 is 42.3 Å². The van der Waals surface area contributed by atoms with Gasteiger partial charge in [0.15, 0.2) is 0 Å². The van der Waals surface area contributed by atoms with Crippen LogP contribution in [0.15, 0.2) is 206 Å². The van der Waals surface area contributed by atoms with E-state index in [0.717, 1.165) is 23.0 Å². The van der Waals surface area contributed by atoms with Crippen molar-refractivity contribution >= 4 is 78.5 Å². The molecule has 0 atom stereocenters. The molecule has 0 spiro atoms. The molecule has 0 bridgehead atoms. The molecule has 0 N–H and O–H groups in total. The first-order chi connectivity index (χ1) is 37.0. The fourth-order valence-electron chi connectivity index (χ4n) is 13.9. The molecular formula is C72H52B2O2. The minimum atomic E-state index is -0.131. The molecule has 0 amide bonds. The van der Waals surface area contributed by atoms with Gasteiger partial charge in [0.25, 0.3) is 13.4 Å². The molecule has 76 heavy (non-hydrogen) atoms. The quantitative estimate of drug-likeness (QED) is 0.129. The number of hydrogen-bond donors (Lipinski definition) is 0. The third kappa shape index (κ3) is 6.07. The van der Waals surface area contributed by atoms with E-state index < -0.39 is 0 Å². The first kappa shape index (κ1) is 43.8. The van der Waals surface area contributed by atoms with E-state index >= 15 is 0 Å². The zero-order chi connectivity index (χ0) is 50.9. The summed E-state index contributed by atoms with van der Waals surface area (Å²) in [6, 6.07) is 77.8. The molecular weight excluding hydrogens is 918 g/mol. The summed E-state index contributed by atoms with van der Waals surface area (Å²) in [5.74, 6) is 3.76. The van der Waals surface area contributed by atoms with Gasteiger partial charge < -0.3 is 9.47 Å². The third-order valence-electron chi connectivity index (χ3n) is 17.5. The Morgan fingerprint density at radius 3 is 1.05 bits per heavy atom. The van der Waals surface area contributed by atoms with Crippen molar-refractivity contribution in [3.05, 3.63) is 217 Å². The van der Waals surface area contributed by atoms with E-state index in [4.69, 9.17) is 9.47 Å². The van der Waals surface area contributed by atoms with Crippen molar-refractivity contribution in [3.8, 4) is 89.8 Å². The summed E-state index contributed by atoms with van der Waals surface area (Å²) < 4.78 is 14.3. The summed E-state index contributed by atoms with van der Waals surface area (Å²) in [5, 5.41) is 7.87. The van der Waals surface area contributed by atoms with Gasteiger partial charge in [-0.1, -0.05) is 222 Å². The predicted octanol–water partition coefficient (Wildman–Crippen LogP) is 15.1.